The van der Waals surface area contributed by atoms with Crippen LogP contribution in [0.2, 0.25) is 5.02 Å². The minimum atomic E-state index is -1.01. The Kier molecular flexibility index (Phi) is 7.90. The summed E-state index contributed by atoms with van der Waals surface area (Å²) < 4.78 is 0.913. The third kappa shape index (κ3) is 6.19. The summed E-state index contributed by atoms with van der Waals surface area (Å²) in [6.45, 7) is 0.439. The SMILES string of the molecule is NC(CCCCNC(=O)c1c(/C=C/c2ccc(Cl)cc2)[nH]c2cc(Br)ccc12)C(=O)O. The van der Waals surface area contributed by atoms with Gasteiger partial charge in [-0.05, 0) is 55.2 Å². The number of aliphatic carboxylic acids is 1. The second kappa shape index (κ2) is 10.6. The van der Waals surface area contributed by atoms with Crippen molar-refractivity contribution in [2.75, 3.05) is 6.54 Å². The summed E-state index contributed by atoms with van der Waals surface area (Å²) in [6, 6.07) is 12.3. The number of amides is 1. The quantitative estimate of drug-likeness (QED) is 0.305. The van der Waals surface area contributed by atoms with E-state index in [1.54, 1.807) is 0 Å². The summed E-state index contributed by atoms with van der Waals surface area (Å²) in [7, 11) is 0. The van der Waals surface area contributed by atoms with Gasteiger partial charge in [0.1, 0.15) is 6.04 Å². The van der Waals surface area contributed by atoms with Crippen molar-refractivity contribution in [2.45, 2.75) is 25.3 Å². The van der Waals surface area contributed by atoms with E-state index in [2.05, 4.69) is 26.2 Å². The normalized spacial score (nSPS) is 12.4. The van der Waals surface area contributed by atoms with Crippen LogP contribution in [0, 0.1) is 0 Å². The number of aromatic amines is 1. The Balaban J connectivity index is 1.76. The Bertz CT molecular complexity index is 1110. The van der Waals surface area contributed by atoms with E-state index in [4.69, 9.17) is 22.4 Å². The molecule has 8 heteroatoms. The van der Waals surface area contributed by atoms with Crippen molar-refractivity contribution in [3.63, 3.8) is 0 Å². The van der Waals surface area contributed by atoms with Crippen LogP contribution in [0.1, 0.15) is 40.9 Å². The van der Waals surface area contributed by atoms with Gasteiger partial charge in [-0.1, -0.05) is 51.8 Å². The molecule has 162 valence electrons. The molecule has 0 saturated carbocycles. The predicted octanol–water partition coefficient (Wildman–Crippen LogP) is 5.07. The molecule has 0 bridgehead atoms. The molecule has 1 heterocycles. The summed E-state index contributed by atoms with van der Waals surface area (Å²) in [5.74, 6) is -1.20. The maximum Gasteiger partial charge on any atom is 0.320 e. The Morgan fingerprint density at radius 2 is 1.90 bits per heavy atom. The lowest BCUT2D eigenvalue weighted by Crippen LogP contribution is -2.30. The first-order valence-electron chi connectivity index (χ1n) is 9.86. The van der Waals surface area contributed by atoms with Crippen LogP contribution < -0.4 is 11.1 Å². The Labute approximate surface area is 193 Å². The Hall–Kier alpha value is -2.61. The largest absolute Gasteiger partial charge is 0.480 e. The number of rotatable bonds is 9. The fraction of sp³-hybridized carbons (Fsp3) is 0.217. The highest BCUT2D eigenvalue weighted by Crippen LogP contribution is 2.27. The summed E-state index contributed by atoms with van der Waals surface area (Å²) in [5.41, 5.74) is 8.59. The molecular formula is C23H23BrClN3O3. The number of hydrogen-bond donors (Lipinski definition) is 4. The molecule has 1 amide bonds. The van der Waals surface area contributed by atoms with E-state index in [0.717, 1.165) is 20.9 Å². The van der Waals surface area contributed by atoms with Gasteiger partial charge in [-0.3, -0.25) is 9.59 Å². The number of carboxylic acid groups (broad SMARTS) is 1. The van der Waals surface area contributed by atoms with Crippen LogP contribution in [0.5, 0.6) is 0 Å². The van der Waals surface area contributed by atoms with Gasteiger partial charge in [0.25, 0.3) is 5.91 Å². The summed E-state index contributed by atoms with van der Waals surface area (Å²) in [5, 5.41) is 13.3. The fourth-order valence-corrected chi connectivity index (χ4v) is 3.70. The third-order valence-electron chi connectivity index (χ3n) is 4.87. The average molecular weight is 505 g/mol. The van der Waals surface area contributed by atoms with Crippen LogP contribution in [0.3, 0.4) is 0 Å². The first kappa shape index (κ1) is 23.1. The van der Waals surface area contributed by atoms with Crippen LogP contribution in [-0.4, -0.2) is 34.6 Å². The number of fused-ring (bicyclic) bond motifs is 1. The number of unbranched alkanes of at least 4 members (excludes halogenated alkanes) is 1. The van der Waals surface area contributed by atoms with Crippen molar-refractivity contribution in [1.29, 1.82) is 0 Å². The van der Waals surface area contributed by atoms with Gasteiger partial charge in [0.2, 0.25) is 0 Å². The monoisotopic (exact) mass is 503 g/mol. The topological polar surface area (TPSA) is 108 Å². The van der Waals surface area contributed by atoms with E-state index in [-0.39, 0.29) is 5.91 Å². The smallest absolute Gasteiger partial charge is 0.320 e. The molecule has 1 atom stereocenters. The molecule has 3 aromatic rings. The molecule has 5 N–H and O–H groups in total. The van der Waals surface area contributed by atoms with E-state index in [1.807, 2.05) is 54.6 Å². The standard InChI is InChI=1S/C23H23BrClN3O3/c24-15-7-10-17-20(13-15)28-19(11-6-14-4-8-16(25)9-5-14)21(17)22(29)27-12-2-1-3-18(26)23(30)31/h4-11,13,18,28H,1-3,12,26H2,(H,27,29)(H,30,31)/b11-6+. The van der Waals surface area contributed by atoms with E-state index in [0.29, 0.717) is 42.1 Å². The van der Waals surface area contributed by atoms with Crippen LogP contribution in [0.4, 0.5) is 0 Å². The minimum absolute atomic E-state index is 0.188. The molecule has 6 nitrogen and oxygen atoms in total. The van der Waals surface area contributed by atoms with Crippen LogP contribution in [0.15, 0.2) is 46.9 Å². The summed E-state index contributed by atoms with van der Waals surface area (Å²) in [4.78, 5) is 27.1. The lowest BCUT2D eigenvalue weighted by Gasteiger charge is -2.08. The van der Waals surface area contributed by atoms with Gasteiger partial charge >= 0.3 is 5.97 Å². The number of H-pyrrole nitrogens is 1. The zero-order valence-corrected chi connectivity index (χ0v) is 19.0. The highest BCUT2D eigenvalue weighted by molar-refractivity contribution is 9.10. The first-order chi connectivity index (χ1) is 14.8. The van der Waals surface area contributed by atoms with Gasteiger partial charge in [0.15, 0.2) is 0 Å². The second-order valence-corrected chi connectivity index (χ2v) is 8.54. The maximum absolute atomic E-state index is 13.0. The van der Waals surface area contributed by atoms with Gasteiger partial charge in [-0.15, -0.1) is 0 Å². The van der Waals surface area contributed by atoms with Crippen molar-refractivity contribution >= 4 is 62.5 Å². The molecule has 0 aliphatic carbocycles. The number of carbonyl (C=O) groups is 2. The highest BCUT2D eigenvalue weighted by Gasteiger charge is 2.17. The molecule has 0 spiro atoms. The Morgan fingerprint density at radius 1 is 1.16 bits per heavy atom. The zero-order valence-electron chi connectivity index (χ0n) is 16.7. The number of aromatic nitrogens is 1. The third-order valence-corrected chi connectivity index (χ3v) is 5.62. The Morgan fingerprint density at radius 3 is 2.61 bits per heavy atom. The number of benzene rings is 2. The number of nitrogens with two attached hydrogens (primary N) is 1. The second-order valence-electron chi connectivity index (χ2n) is 7.18. The average Bonchev–Trinajstić information content (AvgIpc) is 3.10. The number of nitrogens with one attached hydrogen (secondary N) is 2. The van der Waals surface area contributed by atoms with Crippen molar-refractivity contribution in [1.82, 2.24) is 10.3 Å². The molecule has 31 heavy (non-hydrogen) atoms. The molecule has 0 aliphatic heterocycles. The van der Waals surface area contributed by atoms with Crippen LogP contribution in [-0.2, 0) is 4.79 Å². The van der Waals surface area contributed by atoms with Crippen molar-refractivity contribution in [3.05, 3.63) is 68.8 Å². The number of carboxylic acids is 1. The highest BCUT2D eigenvalue weighted by atomic mass is 79.9. The van der Waals surface area contributed by atoms with Gasteiger partial charge in [0.05, 0.1) is 11.3 Å². The fourth-order valence-electron chi connectivity index (χ4n) is 3.22. The molecule has 0 aliphatic rings. The number of halogens is 2. The lowest BCUT2D eigenvalue weighted by molar-refractivity contribution is -0.138. The van der Waals surface area contributed by atoms with Crippen molar-refractivity contribution in [3.8, 4) is 0 Å². The van der Waals surface area contributed by atoms with E-state index in [1.165, 1.54) is 0 Å². The molecule has 0 saturated heterocycles. The molecule has 0 radical (unpaired) electrons. The lowest BCUT2D eigenvalue weighted by atomic mass is 10.1. The van der Waals surface area contributed by atoms with Gasteiger partial charge in [0, 0.05) is 26.9 Å². The van der Waals surface area contributed by atoms with E-state index < -0.39 is 12.0 Å². The minimum Gasteiger partial charge on any atom is -0.480 e. The number of carbonyl (C=O) groups excluding carboxylic acids is 1. The summed E-state index contributed by atoms with van der Waals surface area (Å²) in [6.07, 6.45) is 5.44. The molecular weight excluding hydrogens is 482 g/mol. The first-order valence-corrected chi connectivity index (χ1v) is 11.0. The van der Waals surface area contributed by atoms with E-state index >= 15 is 0 Å². The van der Waals surface area contributed by atoms with Crippen molar-refractivity contribution < 1.29 is 14.7 Å². The van der Waals surface area contributed by atoms with Crippen molar-refractivity contribution in [2.24, 2.45) is 5.73 Å². The van der Waals surface area contributed by atoms with Gasteiger partial charge < -0.3 is 21.1 Å². The summed E-state index contributed by atoms with van der Waals surface area (Å²) >= 11 is 9.41. The van der Waals surface area contributed by atoms with Crippen LogP contribution >= 0.6 is 27.5 Å². The molecule has 1 aromatic heterocycles. The predicted molar refractivity (Wildman–Crippen MR) is 128 cm³/mol. The molecule has 2 aromatic carbocycles. The number of hydrogen-bond acceptors (Lipinski definition) is 3. The maximum atomic E-state index is 13.0. The van der Waals surface area contributed by atoms with Crippen LogP contribution in [0.25, 0.3) is 23.1 Å². The molecule has 1 unspecified atom stereocenters. The zero-order chi connectivity index (χ0) is 22.4. The van der Waals surface area contributed by atoms with E-state index in [9.17, 15) is 9.59 Å². The molecule has 0 fully saturated rings. The van der Waals surface area contributed by atoms with Gasteiger partial charge in [-0.25, -0.2) is 0 Å². The van der Waals surface area contributed by atoms with Gasteiger partial charge in [-0.2, -0.15) is 0 Å². The molecule has 3 rings (SSSR count).